The Balaban J connectivity index is 1.46. The Bertz CT molecular complexity index is 1160. The molecule has 134 valence electrons. The van der Waals surface area contributed by atoms with Gasteiger partial charge in [0.2, 0.25) is 0 Å². The van der Waals surface area contributed by atoms with Gasteiger partial charge in [-0.3, -0.25) is 14.7 Å². The average Bonchev–Trinajstić information content (AvgIpc) is 3.23. The molecule has 0 fully saturated rings. The number of H-pyrrole nitrogens is 1. The summed E-state index contributed by atoms with van der Waals surface area (Å²) in [6.07, 6.45) is 5.99. The van der Waals surface area contributed by atoms with Crippen molar-refractivity contribution in [3.8, 4) is 11.6 Å². The molecule has 3 aromatic heterocycles. The molecule has 6 nitrogen and oxygen atoms in total. The summed E-state index contributed by atoms with van der Waals surface area (Å²) in [4.78, 5) is 26.5. The number of aromatic amines is 1. The van der Waals surface area contributed by atoms with E-state index in [9.17, 15) is 4.79 Å². The molecule has 0 saturated carbocycles. The van der Waals surface area contributed by atoms with E-state index >= 15 is 0 Å². The number of nitrogens with one attached hydrogen (secondary N) is 1. The summed E-state index contributed by atoms with van der Waals surface area (Å²) in [6.45, 7) is 2.29. The van der Waals surface area contributed by atoms with Crippen molar-refractivity contribution >= 4 is 10.8 Å². The van der Waals surface area contributed by atoms with E-state index in [-0.39, 0.29) is 5.56 Å². The second-order valence-corrected chi connectivity index (χ2v) is 6.79. The fraction of sp³-hybridized carbons (Fsp3) is 0.190. The van der Waals surface area contributed by atoms with Crippen LogP contribution in [0.3, 0.4) is 0 Å². The van der Waals surface area contributed by atoms with E-state index in [2.05, 4.69) is 44.1 Å². The zero-order valence-electron chi connectivity index (χ0n) is 14.7. The van der Waals surface area contributed by atoms with Crippen LogP contribution in [0.25, 0.3) is 22.4 Å². The van der Waals surface area contributed by atoms with Crippen LogP contribution in [0.15, 0.2) is 64.3 Å². The summed E-state index contributed by atoms with van der Waals surface area (Å²) in [6, 6.07) is 11.9. The van der Waals surface area contributed by atoms with Crippen molar-refractivity contribution in [2.24, 2.45) is 0 Å². The van der Waals surface area contributed by atoms with Gasteiger partial charge in [0.25, 0.3) is 5.56 Å². The first-order chi connectivity index (χ1) is 13.3. The van der Waals surface area contributed by atoms with Gasteiger partial charge in [0.15, 0.2) is 11.6 Å². The van der Waals surface area contributed by atoms with Crippen molar-refractivity contribution in [1.82, 2.24) is 19.9 Å². The van der Waals surface area contributed by atoms with Gasteiger partial charge in [-0.2, -0.15) is 0 Å². The molecule has 4 heterocycles. The molecule has 0 atom stereocenters. The van der Waals surface area contributed by atoms with Crippen molar-refractivity contribution in [2.75, 3.05) is 6.54 Å². The first-order valence-corrected chi connectivity index (χ1v) is 8.98. The molecule has 0 saturated heterocycles. The fourth-order valence-corrected chi connectivity index (χ4v) is 3.73. The van der Waals surface area contributed by atoms with Crippen LogP contribution in [0.1, 0.15) is 16.8 Å². The molecule has 0 unspecified atom stereocenters. The number of benzene rings is 1. The van der Waals surface area contributed by atoms with Crippen LogP contribution in [0.2, 0.25) is 0 Å². The summed E-state index contributed by atoms with van der Waals surface area (Å²) in [5, 5.41) is 2.36. The molecule has 27 heavy (non-hydrogen) atoms. The Morgan fingerprint density at radius 3 is 3.04 bits per heavy atom. The maximum atomic E-state index is 12.5. The molecule has 0 amide bonds. The number of furan rings is 1. The topological polar surface area (TPSA) is 75.0 Å². The number of hydrogen-bond donors (Lipinski definition) is 1. The molecule has 6 heteroatoms. The smallest absolute Gasteiger partial charge is 0.254 e. The number of hydrogen-bond acceptors (Lipinski definition) is 5. The molecule has 1 N–H and O–H groups in total. The first-order valence-electron chi connectivity index (χ1n) is 8.98. The number of pyridine rings is 1. The minimum atomic E-state index is -0.0673. The third kappa shape index (κ3) is 2.94. The highest BCUT2D eigenvalue weighted by Gasteiger charge is 2.22. The van der Waals surface area contributed by atoms with Crippen molar-refractivity contribution in [2.45, 2.75) is 19.5 Å². The van der Waals surface area contributed by atoms with Gasteiger partial charge < -0.3 is 9.40 Å². The monoisotopic (exact) mass is 358 g/mol. The predicted molar refractivity (Wildman–Crippen MR) is 102 cm³/mol. The van der Waals surface area contributed by atoms with Crippen LogP contribution in [0.4, 0.5) is 0 Å². The molecule has 0 bridgehead atoms. The highest BCUT2D eigenvalue weighted by Crippen LogP contribution is 2.23. The van der Waals surface area contributed by atoms with Crippen molar-refractivity contribution in [3.63, 3.8) is 0 Å². The number of nitrogens with zero attached hydrogens (tertiary/aromatic N) is 3. The van der Waals surface area contributed by atoms with Crippen molar-refractivity contribution in [3.05, 3.63) is 82.2 Å². The molecule has 4 aromatic rings. The molecule has 0 spiro atoms. The van der Waals surface area contributed by atoms with Gasteiger partial charge in [0.05, 0.1) is 12.0 Å². The molecule has 0 radical (unpaired) electrons. The molecule has 0 aliphatic carbocycles. The fourth-order valence-electron chi connectivity index (χ4n) is 3.73. The zero-order chi connectivity index (χ0) is 18.2. The molecule has 1 aliphatic rings. The Hall–Kier alpha value is -3.25. The lowest BCUT2D eigenvalue weighted by Gasteiger charge is -2.28. The summed E-state index contributed by atoms with van der Waals surface area (Å²) in [7, 11) is 0. The lowest BCUT2D eigenvalue weighted by Crippen LogP contribution is -2.35. The van der Waals surface area contributed by atoms with Gasteiger partial charge >= 0.3 is 0 Å². The minimum absolute atomic E-state index is 0.0673. The highest BCUT2D eigenvalue weighted by atomic mass is 16.3. The molecular weight excluding hydrogens is 340 g/mol. The zero-order valence-corrected chi connectivity index (χ0v) is 14.7. The Morgan fingerprint density at radius 2 is 2.15 bits per heavy atom. The molecular formula is C21H18N4O2. The maximum absolute atomic E-state index is 12.5. The van der Waals surface area contributed by atoms with Gasteiger partial charge in [-0.05, 0) is 35.6 Å². The Morgan fingerprint density at radius 1 is 1.19 bits per heavy atom. The second-order valence-electron chi connectivity index (χ2n) is 6.79. The summed E-state index contributed by atoms with van der Waals surface area (Å²) < 4.78 is 5.38. The van der Waals surface area contributed by atoms with Crippen LogP contribution in [0, 0.1) is 0 Å². The lowest BCUT2D eigenvalue weighted by atomic mass is 10.0. The van der Waals surface area contributed by atoms with E-state index in [0.717, 1.165) is 29.7 Å². The first kappa shape index (κ1) is 16.0. The van der Waals surface area contributed by atoms with Crippen molar-refractivity contribution < 1.29 is 4.42 Å². The van der Waals surface area contributed by atoms with Crippen LogP contribution in [-0.2, 0) is 19.5 Å². The lowest BCUT2D eigenvalue weighted by molar-refractivity contribution is 0.241. The second kappa shape index (κ2) is 6.48. The van der Waals surface area contributed by atoms with Crippen LogP contribution < -0.4 is 5.56 Å². The minimum Gasteiger partial charge on any atom is -0.461 e. The van der Waals surface area contributed by atoms with Gasteiger partial charge in [-0.15, -0.1) is 0 Å². The number of rotatable bonds is 3. The average molecular weight is 358 g/mol. The van der Waals surface area contributed by atoms with Gasteiger partial charge in [0, 0.05) is 43.0 Å². The van der Waals surface area contributed by atoms with Gasteiger partial charge in [0.1, 0.15) is 0 Å². The van der Waals surface area contributed by atoms with E-state index < -0.39 is 0 Å². The summed E-state index contributed by atoms with van der Waals surface area (Å²) >= 11 is 0. The van der Waals surface area contributed by atoms with E-state index in [1.165, 1.54) is 10.9 Å². The normalized spacial score (nSPS) is 14.4. The van der Waals surface area contributed by atoms with E-state index in [4.69, 9.17) is 4.42 Å². The van der Waals surface area contributed by atoms with Gasteiger partial charge in [-0.1, -0.05) is 18.2 Å². The maximum Gasteiger partial charge on any atom is 0.254 e. The van der Waals surface area contributed by atoms with E-state index in [1.54, 1.807) is 18.4 Å². The van der Waals surface area contributed by atoms with E-state index in [1.807, 2.05) is 12.4 Å². The van der Waals surface area contributed by atoms with Crippen molar-refractivity contribution in [1.29, 1.82) is 0 Å². The standard InChI is InChI=1S/C21H18N4O2/c26-21-17-7-9-25(12-15-4-1-3-14-11-22-8-6-16(14)15)13-18(17)23-20(24-21)19-5-2-10-27-19/h1-6,8,10-11H,7,9,12-13H2,(H,23,24,26). The van der Waals surface area contributed by atoms with Crippen LogP contribution in [0.5, 0.6) is 0 Å². The van der Waals surface area contributed by atoms with Crippen LogP contribution >= 0.6 is 0 Å². The number of fused-ring (bicyclic) bond motifs is 2. The van der Waals surface area contributed by atoms with Gasteiger partial charge in [-0.25, -0.2) is 4.98 Å². The summed E-state index contributed by atoms with van der Waals surface area (Å²) in [5.74, 6) is 1.07. The highest BCUT2D eigenvalue weighted by molar-refractivity contribution is 5.84. The SMILES string of the molecule is O=c1[nH]c(-c2ccco2)nc2c1CCN(Cc1cccc3cnccc13)C2. The van der Waals surface area contributed by atoms with Crippen LogP contribution in [-0.4, -0.2) is 26.4 Å². The Labute approximate surface area is 155 Å². The third-order valence-corrected chi connectivity index (χ3v) is 5.07. The largest absolute Gasteiger partial charge is 0.461 e. The molecule has 1 aliphatic heterocycles. The summed E-state index contributed by atoms with van der Waals surface area (Å²) in [5.41, 5.74) is 2.80. The predicted octanol–water partition coefficient (Wildman–Crippen LogP) is 3.14. The molecule has 5 rings (SSSR count). The molecule has 1 aromatic carbocycles. The third-order valence-electron chi connectivity index (χ3n) is 5.07. The number of aromatic nitrogens is 3. The quantitative estimate of drug-likeness (QED) is 0.609. The Kier molecular flexibility index (Phi) is 3.83. The van der Waals surface area contributed by atoms with E-state index in [0.29, 0.717) is 24.6 Å².